The van der Waals surface area contributed by atoms with Gasteiger partial charge in [-0.25, -0.2) is 14.8 Å². The Hall–Kier alpha value is -3.21. The molecule has 0 fully saturated rings. The molecule has 0 aliphatic rings. The van der Waals surface area contributed by atoms with Gasteiger partial charge in [0.2, 0.25) is 5.82 Å². The standard InChI is InChI=1S/C13H10N6O2/c1-7-10-11(19-4-3-15-9(19)5-14)8(13(20)21)6-16-12(10)18(2)17-7/h3-4,6H,1-2H3,(H,20,21). The van der Waals surface area contributed by atoms with Gasteiger partial charge in [0.15, 0.2) is 5.65 Å². The van der Waals surface area contributed by atoms with Gasteiger partial charge in [-0.3, -0.25) is 9.25 Å². The van der Waals surface area contributed by atoms with Crippen LogP contribution in [0.2, 0.25) is 0 Å². The van der Waals surface area contributed by atoms with Gasteiger partial charge in [0.05, 0.1) is 16.8 Å². The normalized spacial score (nSPS) is 10.7. The van der Waals surface area contributed by atoms with Crippen molar-refractivity contribution in [1.29, 1.82) is 5.26 Å². The number of aromatic carboxylic acids is 1. The molecule has 0 spiro atoms. The van der Waals surface area contributed by atoms with Gasteiger partial charge in [-0.15, -0.1) is 0 Å². The van der Waals surface area contributed by atoms with E-state index >= 15 is 0 Å². The van der Waals surface area contributed by atoms with E-state index in [4.69, 9.17) is 5.26 Å². The molecule has 0 bridgehead atoms. The number of nitriles is 1. The second kappa shape index (κ2) is 4.42. The lowest BCUT2D eigenvalue weighted by Gasteiger charge is -2.09. The van der Waals surface area contributed by atoms with Crippen molar-refractivity contribution in [2.75, 3.05) is 0 Å². The van der Waals surface area contributed by atoms with Gasteiger partial charge in [-0.2, -0.15) is 10.4 Å². The van der Waals surface area contributed by atoms with E-state index in [1.54, 1.807) is 24.9 Å². The predicted molar refractivity (Wildman–Crippen MR) is 72.0 cm³/mol. The quantitative estimate of drug-likeness (QED) is 0.751. The Balaban J connectivity index is 2.51. The van der Waals surface area contributed by atoms with Crippen LogP contribution in [0, 0.1) is 18.3 Å². The van der Waals surface area contributed by atoms with Crippen LogP contribution in [0.15, 0.2) is 18.6 Å². The molecule has 0 aliphatic heterocycles. The van der Waals surface area contributed by atoms with E-state index in [9.17, 15) is 9.90 Å². The van der Waals surface area contributed by atoms with Crippen molar-refractivity contribution in [3.8, 4) is 11.8 Å². The van der Waals surface area contributed by atoms with E-state index < -0.39 is 5.97 Å². The minimum absolute atomic E-state index is 0.00639. The van der Waals surface area contributed by atoms with Crippen LogP contribution in [-0.2, 0) is 7.05 Å². The summed E-state index contributed by atoms with van der Waals surface area (Å²) in [5, 5.41) is 23.4. The van der Waals surface area contributed by atoms with Crippen LogP contribution in [0.5, 0.6) is 0 Å². The first kappa shape index (κ1) is 12.8. The highest BCUT2D eigenvalue weighted by molar-refractivity contribution is 6.00. The molecule has 0 atom stereocenters. The summed E-state index contributed by atoms with van der Waals surface area (Å²) in [6.45, 7) is 1.77. The van der Waals surface area contributed by atoms with Crippen molar-refractivity contribution in [1.82, 2.24) is 24.3 Å². The van der Waals surface area contributed by atoms with Crippen LogP contribution in [0.3, 0.4) is 0 Å². The largest absolute Gasteiger partial charge is 0.478 e. The van der Waals surface area contributed by atoms with Crippen LogP contribution in [0.4, 0.5) is 0 Å². The molecule has 0 saturated heterocycles. The Labute approximate surface area is 118 Å². The zero-order valence-corrected chi connectivity index (χ0v) is 11.3. The third-order valence-electron chi connectivity index (χ3n) is 3.21. The van der Waals surface area contributed by atoms with Gasteiger partial charge in [-0.1, -0.05) is 0 Å². The van der Waals surface area contributed by atoms with Crippen LogP contribution in [0.1, 0.15) is 21.9 Å². The highest BCUT2D eigenvalue weighted by Gasteiger charge is 2.22. The number of rotatable bonds is 2. The van der Waals surface area contributed by atoms with Gasteiger partial charge in [0.25, 0.3) is 0 Å². The number of nitrogens with zero attached hydrogens (tertiary/aromatic N) is 6. The molecule has 3 heterocycles. The molecule has 0 amide bonds. The maximum atomic E-state index is 11.5. The van der Waals surface area contributed by atoms with Gasteiger partial charge in [0.1, 0.15) is 11.6 Å². The van der Waals surface area contributed by atoms with Crippen molar-refractivity contribution >= 4 is 17.0 Å². The lowest BCUT2D eigenvalue weighted by atomic mass is 10.1. The van der Waals surface area contributed by atoms with Crippen LogP contribution in [0.25, 0.3) is 16.7 Å². The van der Waals surface area contributed by atoms with E-state index in [2.05, 4.69) is 15.1 Å². The first-order valence-corrected chi connectivity index (χ1v) is 6.04. The molecule has 8 heteroatoms. The molecule has 0 aromatic carbocycles. The SMILES string of the molecule is Cc1nn(C)c2ncc(C(=O)O)c(-n3ccnc3C#N)c12. The second-order valence-corrected chi connectivity index (χ2v) is 4.47. The van der Waals surface area contributed by atoms with Crippen LogP contribution >= 0.6 is 0 Å². The Morgan fingerprint density at radius 2 is 2.19 bits per heavy atom. The van der Waals surface area contributed by atoms with E-state index in [-0.39, 0.29) is 11.4 Å². The molecular formula is C13H10N6O2. The highest BCUT2D eigenvalue weighted by atomic mass is 16.4. The summed E-state index contributed by atoms with van der Waals surface area (Å²) in [6, 6.07) is 1.94. The van der Waals surface area contributed by atoms with E-state index in [0.717, 1.165) is 0 Å². The lowest BCUT2D eigenvalue weighted by Crippen LogP contribution is -2.08. The minimum atomic E-state index is -1.12. The fourth-order valence-corrected chi connectivity index (χ4v) is 2.37. The second-order valence-electron chi connectivity index (χ2n) is 4.47. The Kier molecular flexibility index (Phi) is 2.69. The molecular weight excluding hydrogens is 272 g/mol. The molecule has 0 saturated carbocycles. The van der Waals surface area contributed by atoms with E-state index in [1.165, 1.54) is 17.0 Å². The van der Waals surface area contributed by atoms with E-state index in [0.29, 0.717) is 22.4 Å². The number of carboxylic acid groups (broad SMARTS) is 1. The molecule has 21 heavy (non-hydrogen) atoms. The van der Waals surface area contributed by atoms with Crippen LogP contribution in [-0.4, -0.2) is 35.4 Å². The van der Waals surface area contributed by atoms with Crippen molar-refractivity contribution < 1.29 is 9.90 Å². The molecule has 1 N–H and O–H groups in total. The zero-order valence-electron chi connectivity index (χ0n) is 11.3. The average molecular weight is 282 g/mol. The minimum Gasteiger partial charge on any atom is -0.478 e. The first-order chi connectivity index (χ1) is 10.0. The molecule has 3 aromatic heterocycles. The number of carboxylic acids is 1. The summed E-state index contributed by atoms with van der Waals surface area (Å²) in [6.07, 6.45) is 4.26. The smallest absolute Gasteiger partial charge is 0.339 e. The molecule has 3 rings (SSSR count). The summed E-state index contributed by atoms with van der Waals surface area (Å²) in [4.78, 5) is 19.6. The van der Waals surface area contributed by atoms with Crippen molar-refractivity contribution in [2.45, 2.75) is 6.92 Å². The number of hydrogen-bond donors (Lipinski definition) is 1. The highest BCUT2D eigenvalue weighted by Crippen LogP contribution is 2.27. The van der Waals surface area contributed by atoms with Crippen molar-refractivity contribution in [3.63, 3.8) is 0 Å². The van der Waals surface area contributed by atoms with E-state index in [1.807, 2.05) is 6.07 Å². The number of imidazole rings is 1. The van der Waals surface area contributed by atoms with Crippen LogP contribution < -0.4 is 0 Å². The summed E-state index contributed by atoms with van der Waals surface area (Å²) >= 11 is 0. The Bertz CT molecular complexity index is 915. The zero-order chi connectivity index (χ0) is 15.1. The van der Waals surface area contributed by atoms with Gasteiger partial charge >= 0.3 is 5.97 Å². The number of hydrogen-bond acceptors (Lipinski definition) is 5. The fourth-order valence-electron chi connectivity index (χ4n) is 2.37. The Morgan fingerprint density at radius 3 is 2.86 bits per heavy atom. The molecule has 0 aliphatic carbocycles. The summed E-state index contributed by atoms with van der Waals surface area (Å²) in [7, 11) is 1.73. The summed E-state index contributed by atoms with van der Waals surface area (Å²) < 4.78 is 3.02. The molecule has 0 radical (unpaired) electrons. The third kappa shape index (κ3) is 1.75. The summed E-state index contributed by atoms with van der Waals surface area (Å²) in [5.41, 5.74) is 1.53. The topological polar surface area (TPSA) is 110 Å². The molecule has 8 nitrogen and oxygen atoms in total. The number of fused-ring (bicyclic) bond motifs is 1. The van der Waals surface area contributed by atoms with Gasteiger partial charge < -0.3 is 5.11 Å². The third-order valence-corrected chi connectivity index (χ3v) is 3.21. The molecule has 3 aromatic rings. The number of pyridine rings is 1. The number of aryl methyl sites for hydroxylation is 2. The first-order valence-electron chi connectivity index (χ1n) is 6.04. The van der Waals surface area contributed by atoms with Gasteiger partial charge in [-0.05, 0) is 6.92 Å². The maximum absolute atomic E-state index is 11.5. The molecule has 104 valence electrons. The van der Waals surface area contributed by atoms with Gasteiger partial charge in [0, 0.05) is 25.6 Å². The van der Waals surface area contributed by atoms with Crippen molar-refractivity contribution in [3.05, 3.63) is 35.7 Å². The molecule has 0 unspecified atom stereocenters. The maximum Gasteiger partial charge on any atom is 0.339 e. The monoisotopic (exact) mass is 282 g/mol. The Morgan fingerprint density at radius 1 is 1.43 bits per heavy atom. The van der Waals surface area contributed by atoms with Crippen molar-refractivity contribution in [2.24, 2.45) is 7.05 Å². The summed E-state index contributed by atoms with van der Waals surface area (Å²) in [5.74, 6) is -1.02. The average Bonchev–Trinajstić information content (AvgIpc) is 3.03. The number of carbonyl (C=O) groups is 1. The lowest BCUT2D eigenvalue weighted by molar-refractivity contribution is 0.0696. The fraction of sp³-hybridized carbons (Fsp3) is 0.154. The predicted octanol–water partition coefficient (Wildman–Crippen LogP) is 1.03. The number of aromatic nitrogens is 5.